The van der Waals surface area contributed by atoms with Crippen LogP contribution in [0.1, 0.15) is 89.9 Å². The highest BCUT2D eigenvalue weighted by atomic mass is 79.9. The number of aryl methyl sites for hydroxylation is 1. The van der Waals surface area contributed by atoms with E-state index in [0.29, 0.717) is 49.9 Å². The summed E-state index contributed by atoms with van der Waals surface area (Å²) in [6.45, 7) is 7.68. The summed E-state index contributed by atoms with van der Waals surface area (Å²) in [5.74, 6) is 9.31. The lowest BCUT2D eigenvalue weighted by Gasteiger charge is -2.26. The predicted octanol–water partition coefficient (Wildman–Crippen LogP) is 18.0. The van der Waals surface area contributed by atoms with Crippen LogP contribution in [-0.2, 0) is 81.9 Å². The maximum atomic E-state index is 7.22. The average molecular weight is 2030 g/mol. The summed E-state index contributed by atoms with van der Waals surface area (Å²) in [6.07, 6.45) is 3.20. The number of amidine groups is 11. The van der Waals surface area contributed by atoms with Crippen molar-refractivity contribution in [2.75, 3.05) is 81.9 Å². The van der Waals surface area contributed by atoms with E-state index in [0.717, 1.165) is 147 Å². The minimum atomic E-state index is 0.0788. The molecule has 0 radical (unpaired) electrons. The molecule has 8 aromatic rings. The Kier molecular flexibility index (Phi) is 56.4. The minimum Gasteiger partial charge on any atom is -0.379 e. The zero-order chi connectivity index (χ0) is 92.5. The monoisotopic (exact) mass is 2020 g/mol. The smallest absolute Gasteiger partial charge is 0.159 e. The zero-order valence-corrected chi connectivity index (χ0v) is 84.7. The summed E-state index contributed by atoms with van der Waals surface area (Å²) < 4.78 is 0.994. The van der Waals surface area contributed by atoms with E-state index < -0.39 is 0 Å². The van der Waals surface area contributed by atoms with Gasteiger partial charge in [-0.05, 0) is 122 Å². The number of nitrogens with two attached hydrogens (primary N) is 8. The van der Waals surface area contributed by atoms with Crippen molar-refractivity contribution in [1.82, 2.24) is 25.8 Å². The molecule has 0 atom stereocenters. The topological polar surface area (TPSA) is 468 Å². The lowest BCUT2D eigenvalue weighted by Crippen LogP contribution is -2.42. The van der Waals surface area contributed by atoms with Crippen molar-refractivity contribution in [3.05, 3.63) is 281 Å². The largest absolute Gasteiger partial charge is 0.379 e. The Bertz CT molecular complexity index is 4560. The molecule has 0 bridgehead atoms. The van der Waals surface area contributed by atoms with Crippen LogP contribution in [-0.4, -0.2) is 154 Å². The molecule has 0 fully saturated rings. The minimum absolute atomic E-state index is 0.0788. The van der Waals surface area contributed by atoms with Crippen molar-refractivity contribution < 1.29 is 0 Å². The van der Waals surface area contributed by atoms with E-state index in [4.69, 9.17) is 99.9 Å². The van der Waals surface area contributed by atoms with Crippen LogP contribution in [0.5, 0.6) is 0 Å². The molecule has 2 aliphatic heterocycles. The SMILES string of the molecule is CN=C(N)SCc1ccccc1CSC(N)=NC.CN=C(NC)SCc1ccccc1CSC(=NC)NC.Cc1ccc(CSC(=N)N)c(CSC(=N)N)c1.N=C(N)SCc1ccc(Br)cc1CSC(=N)N.N=C(N)SCc1ccc(Cl)cc1CSC(=N)N.c1ccc(CCN2CCC(SCc3ccccc3CSC3=NCN(CCc4ccccc4)CN3)=NC2)cc1. The fourth-order valence-corrected chi connectivity index (χ4v) is 20.3. The molecule has 10 rings (SSSR count). The highest BCUT2D eigenvalue weighted by molar-refractivity contribution is 9.10. The summed E-state index contributed by atoms with van der Waals surface area (Å²) in [7, 11) is 10.8. The number of nitrogens with one attached hydrogen (secondary N) is 9. The standard InChI is InChI=1S/C31H37N5S2.C14H22N4S2.C12H18N4S2.C11H16N4S2.C10H13BrN4S2.C10H13ClN4S2/c1-3-9-26(10-4-1)15-18-35-20-17-30(32-23-35)37-21-28-13-7-8-14-29(28)22-38-31-33-24-36(25-34-31)19-16-27-11-5-2-6-12-27;1-15-13(16-2)19-9-11-7-5-6-8-12(11)10-20-14(17-3)18-4;1-15-11(13)17-7-9-5-3-4-6-10(9)8-18-12(14)16-2;1-7-2-3-8(5-16-10(12)13)9(4-7)6-17-11(14)15;2*11-8-2-1-6(4-16-9(12)13)7(3-8)5-17-10(14)15/h1-14H,15-25H2,(H,33,34);5-8H,9-10H2,1-4H3,(H,15,16)(H,17,18);3-6H,7-8H2,1-2H3,(H2,13,15)(H2,14,16);2-4H,5-6H2,1H3,(H3,12,13)(H3,14,15);2*1-3H,4-5H2,(H3,12,13)(H3,14,15). The molecule has 0 aromatic heterocycles. The first-order valence-corrected chi connectivity index (χ1v) is 52.7. The van der Waals surface area contributed by atoms with Crippen LogP contribution >= 0.6 is 169 Å². The normalized spacial score (nSPS) is 12.8. The molecule has 0 amide bonds. The number of halogens is 2. The van der Waals surface area contributed by atoms with Crippen LogP contribution in [0, 0.1) is 39.4 Å². The molecule has 127 heavy (non-hydrogen) atoms. The molecule has 0 saturated heterocycles. The number of nitrogens with zero attached hydrogens (tertiary/aromatic N) is 8. The number of hydrogen-bond acceptors (Lipinski definition) is 27. The molecule has 25 nitrogen and oxygen atoms in total. The van der Waals surface area contributed by atoms with Crippen molar-refractivity contribution in [3.8, 4) is 0 Å². The molecule has 2 aliphatic rings. The number of benzene rings is 8. The second-order valence-corrected chi connectivity index (χ2v) is 40.5. The van der Waals surface area contributed by atoms with Crippen LogP contribution in [0.2, 0.25) is 5.02 Å². The van der Waals surface area contributed by atoms with Crippen molar-refractivity contribution in [1.29, 1.82) is 32.5 Å². The maximum Gasteiger partial charge on any atom is 0.159 e. The predicted molar refractivity (Wildman–Crippen MR) is 579 cm³/mol. The van der Waals surface area contributed by atoms with Gasteiger partial charge >= 0.3 is 0 Å². The molecule has 0 unspecified atom stereocenters. The lowest BCUT2D eigenvalue weighted by atomic mass is 10.1. The third-order valence-corrected chi connectivity index (χ3v) is 29.5. The van der Waals surface area contributed by atoms with Gasteiger partial charge in [0, 0.05) is 147 Å². The molecule has 8 aromatic carbocycles. The van der Waals surface area contributed by atoms with Crippen LogP contribution in [0.4, 0.5) is 0 Å². The van der Waals surface area contributed by atoms with Gasteiger partial charge < -0.3 is 61.8 Å². The highest BCUT2D eigenvalue weighted by Gasteiger charge is 2.18. The first kappa shape index (κ1) is 110. The van der Waals surface area contributed by atoms with Crippen LogP contribution in [0.25, 0.3) is 0 Å². The van der Waals surface area contributed by atoms with Gasteiger partial charge in [-0.15, -0.1) is 11.8 Å². The molecule has 682 valence electrons. The van der Waals surface area contributed by atoms with Crippen LogP contribution in [0.15, 0.2) is 222 Å². The zero-order valence-electron chi connectivity index (χ0n) is 72.6. The number of hydrogen-bond donors (Lipinski definition) is 17. The lowest BCUT2D eigenvalue weighted by molar-refractivity contribution is 0.270. The van der Waals surface area contributed by atoms with Crippen LogP contribution in [0.3, 0.4) is 0 Å². The van der Waals surface area contributed by atoms with Gasteiger partial charge in [-0.3, -0.25) is 67.2 Å². The van der Waals surface area contributed by atoms with E-state index in [9.17, 15) is 0 Å². The Morgan fingerprint density at radius 1 is 0.394 bits per heavy atom. The van der Waals surface area contributed by atoms with Gasteiger partial charge in [-0.2, -0.15) is 0 Å². The Hall–Kier alpha value is -7.51. The van der Waals surface area contributed by atoms with Crippen molar-refractivity contribution in [2.24, 2.45) is 75.8 Å². The Balaban J connectivity index is 0.000000281. The van der Waals surface area contributed by atoms with Gasteiger partial charge in [0.2, 0.25) is 0 Å². The summed E-state index contributed by atoms with van der Waals surface area (Å²) in [5, 5.41) is 59.6. The third kappa shape index (κ3) is 48.3. The van der Waals surface area contributed by atoms with E-state index >= 15 is 0 Å². The first-order chi connectivity index (χ1) is 61.2. The van der Waals surface area contributed by atoms with Gasteiger partial charge in [0.25, 0.3) is 0 Å². The molecular formula is C88H119BrClN25S12. The summed E-state index contributed by atoms with van der Waals surface area (Å²) >= 11 is 27.3. The third-order valence-electron chi connectivity index (χ3n) is 17.9. The van der Waals surface area contributed by atoms with Gasteiger partial charge in [-0.25, -0.2) is 4.99 Å². The Morgan fingerprint density at radius 2 is 0.732 bits per heavy atom. The number of rotatable bonds is 30. The van der Waals surface area contributed by atoms with E-state index in [1.165, 1.54) is 126 Å². The summed E-state index contributed by atoms with van der Waals surface area (Å²) in [6, 6.07) is 64.7. The number of thioether (sulfide) groups is 12. The molecule has 0 aliphatic carbocycles. The first-order valence-electron chi connectivity index (χ1n) is 39.7. The highest BCUT2D eigenvalue weighted by Crippen LogP contribution is 2.31. The second kappa shape index (κ2) is 65.1. The molecular weight excluding hydrogens is 1910 g/mol. The van der Waals surface area contributed by atoms with Gasteiger partial charge in [-0.1, -0.05) is 326 Å². The van der Waals surface area contributed by atoms with Gasteiger partial charge in [0.05, 0.1) is 25.0 Å². The second-order valence-electron chi connectivity index (χ2n) is 27.1. The van der Waals surface area contributed by atoms with Crippen molar-refractivity contribution in [2.45, 2.75) is 95.2 Å². The summed E-state index contributed by atoms with van der Waals surface area (Å²) in [4.78, 5) is 30.7. The van der Waals surface area contributed by atoms with Crippen molar-refractivity contribution in [3.63, 3.8) is 0 Å². The molecule has 0 spiro atoms. The maximum absolute atomic E-state index is 7.22. The molecule has 25 N–H and O–H groups in total. The van der Waals surface area contributed by atoms with Gasteiger partial charge in [0.1, 0.15) is 0 Å². The summed E-state index contributed by atoms with van der Waals surface area (Å²) in [5.41, 5.74) is 61.8. The van der Waals surface area contributed by atoms with Crippen molar-refractivity contribution >= 4 is 231 Å². The number of aliphatic imine (C=N–C) groups is 6. The molecule has 39 heteroatoms. The van der Waals surface area contributed by atoms with Crippen LogP contribution < -0.4 is 61.8 Å². The molecule has 0 saturated carbocycles. The van der Waals surface area contributed by atoms with E-state index in [1.54, 1.807) is 81.3 Å². The van der Waals surface area contributed by atoms with E-state index in [2.05, 4.69) is 189 Å². The fourth-order valence-electron chi connectivity index (χ4n) is 11.2. The quantitative estimate of drug-likeness (QED) is 0.0147. The average Bonchev–Trinajstić information content (AvgIpc) is 0.883. The van der Waals surface area contributed by atoms with E-state index in [1.807, 2.05) is 99.1 Å². The van der Waals surface area contributed by atoms with Gasteiger partial charge in [0.15, 0.2) is 56.8 Å². The molecule has 2 heterocycles. The Labute approximate surface area is 814 Å². The fraction of sp³-hybridized carbons (Fsp3) is 0.318. The van der Waals surface area contributed by atoms with E-state index in [-0.39, 0.29) is 31.0 Å². The Morgan fingerprint density at radius 3 is 1.11 bits per heavy atom.